The SMILES string of the molecule is CCc1cccc(NC(=O)CSc2nnc(-c3ccc(OC(F)F)cc3)o2)c1. The molecule has 0 aliphatic heterocycles. The zero-order valence-corrected chi connectivity index (χ0v) is 15.7. The van der Waals surface area contributed by atoms with E-state index in [9.17, 15) is 13.6 Å². The monoisotopic (exact) mass is 405 g/mol. The summed E-state index contributed by atoms with van der Waals surface area (Å²) in [6.07, 6.45) is 0.887. The van der Waals surface area contributed by atoms with Crippen LogP contribution >= 0.6 is 11.8 Å². The summed E-state index contributed by atoms with van der Waals surface area (Å²) in [5.74, 6) is 0.185. The van der Waals surface area contributed by atoms with E-state index in [2.05, 4.69) is 20.3 Å². The van der Waals surface area contributed by atoms with Crippen LogP contribution in [0.2, 0.25) is 0 Å². The fraction of sp³-hybridized carbons (Fsp3) is 0.211. The number of thioether (sulfide) groups is 1. The third-order valence-corrected chi connectivity index (χ3v) is 4.50. The van der Waals surface area contributed by atoms with Crippen molar-refractivity contribution in [3.05, 3.63) is 54.1 Å². The van der Waals surface area contributed by atoms with Crippen LogP contribution < -0.4 is 10.1 Å². The van der Waals surface area contributed by atoms with E-state index < -0.39 is 6.61 Å². The Balaban J connectivity index is 1.54. The van der Waals surface area contributed by atoms with Gasteiger partial charge in [-0.05, 0) is 48.4 Å². The lowest BCUT2D eigenvalue weighted by atomic mass is 10.1. The summed E-state index contributed by atoms with van der Waals surface area (Å²) in [5, 5.41) is 10.8. The van der Waals surface area contributed by atoms with Gasteiger partial charge >= 0.3 is 6.61 Å². The molecule has 9 heteroatoms. The highest BCUT2D eigenvalue weighted by molar-refractivity contribution is 7.99. The van der Waals surface area contributed by atoms with Crippen molar-refractivity contribution in [2.45, 2.75) is 25.2 Å². The third kappa shape index (κ3) is 5.53. The highest BCUT2D eigenvalue weighted by Crippen LogP contribution is 2.25. The molecule has 1 aromatic heterocycles. The lowest BCUT2D eigenvalue weighted by molar-refractivity contribution is -0.113. The van der Waals surface area contributed by atoms with Crippen LogP contribution in [-0.2, 0) is 11.2 Å². The molecular formula is C19H17F2N3O3S. The first-order valence-electron chi connectivity index (χ1n) is 8.44. The molecule has 0 saturated heterocycles. The number of aryl methyl sites for hydroxylation is 1. The second-order valence-corrected chi connectivity index (χ2v) is 6.59. The van der Waals surface area contributed by atoms with E-state index in [1.807, 2.05) is 31.2 Å². The maximum Gasteiger partial charge on any atom is 0.387 e. The van der Waals surface area contributed by atoms with Crippen molar-refractivity contribution < 1.29 is 22.7 Å². The smallest absolute Gasteiger partial charge is 0.387 e. The number of nitrogens with one attached hydrogen (secondary N) is 1. The van der Waals surface area contributed by atoms with Gasteiger partial charge in [-0.15, -0.1) is 10.2 Å². The first kappa shape index (κ1) is 19.8. The number of carbonyl (C=O) groups is 1. The second kappa shape index (κ2) is 9.32. The molecule has 0 aliphatic rings. The van der Waals surface area contributed by atoms with Gasteiger partial charge in [0.05, 0.1) is 5.75 Å². The minimum absolute atomic E-state index is 0.0386. The van der Waals surface area contributed by atoms with Gasteiger partial charge in [-0.3, -0.25) is 4.79 Å². The van der Waals surface area contributed by atoms with Gasteiger partial charge in [-0.2, -0.15) is 8.78 Å². The van der Waals surface area contributed by atoms with Crippen LogP contribution in [0.1, 0.15) is 12.5 Å². The fourth-order valence-corrected chi connectivity index (χ4v) is 2.92. The number of amides is 1. The minimum atomic E-state index is -2.88. The van der Waals surface area contributed by atoms with Crippen molar-refractivity contribution in [2.75, 3.05) is 11.1 Å². The highest BCUT2D eigenvalue weighted by atomic mass is 32.2. The van der Waals surface area contributed by atoms with E-state index in [0.717, 1.165) is 29.4 Å². The Morgan fingerprint density at radius 2 is 2.00 bits per heavy atom. The van der Waals surface area contributed by atoms with Crippen molar-refractivity contribution in [3.63, 3.8) is 0 Å². The summed E-state index contributed by atoms with van der Waals surface area (Å²) in [6, 6.07) is 13.5. The number of hydrogen-bond donors (Lipinski definition) is 1. The molecule has 0 spiro atoms. The Hall–Kier alpha value is -2.94. The molecular weight excluding hydrogens is 388 g/mol. The Labute approximate surface area is 164 Å². The minimum Gasteiger partial charge on any atom is -0.435 e. The summed E-state index contributed by atoms with van der Waals surface area (Å²) in [4.78, 5) is 12.1. The maximum atomic E-state index is 12.2. The molecule has 0 radical (unpaired) electrons. The van der Waals surface area contributed by atoms with Gasteiger partial charge in [-0.1, -0.05) is 30.8 Å². The molecule has 2 aromatic carbocycles. The zero-order chi connectivity index (χ0) is 19.9. The van der Waals surface area contributed by atoms with Gasteiger partial charge in [0.2, 0.25) is 11.8 Å². The summed E-state index contributed by atoms with van der Waals surface area (Å²) in [6.45, 7) is -0.837. The van der Waals surface area contributed by atoms with E-state index in [1.54, 1.807) is 0 Å². The quantitative estimate of drug-likeness (QED) is 0.551. The van der Waals surface area contributed by atoms with Crippen LogP contribution in [0.3, 0.4) is 0 Å². The van der Waals surface area contributed by atoms with Crippen molar-refractivity contribution in [3.8, 4) is 17.2 Å². The second-order valence-electron chi connectivity index (χ2n) is 5.67. The van der Waals surface area contributed by atoms with Crippen LogP contribution in [0.4, 0.5) is 14.5 Å². The van der Waals surface area contributed by atoms with Crippen LogP contribution in [0.5, 0.6) is 5.75 Å². The van der Waals surface area contributed by atoms with Crippen molar-refractivity contribution in [2.24, 2.45) is 0 Å². The van der Waals surface area contributed by atoms with Crippen molar-refractivity contribution >= 4 is 23.4 Å². The normalized spacial score (nSPS) is 10.9. The molecule has 3 aromatic rings. The average molecular weight is 405 g/mol. The summed E-state index contributed by atoms with van der Waals surface area (Å²) < 4.78 is 34.1. The van der Waals surface area contributed by atoms with E-state index in [0.29, 0.717) is 5.56 Å². The highest BCUT2D eigenvalue weighted by Gasteiger charge is 2.12. The standard InChI is InChI=1S/C19H17F2N3O3S/c1-2-12-4-3-5-14(10-12)22-16(25)11-28-19-24-23-17(27-19)13-6-8-15(9-7-13)26-18(20)21/h3-10,18H,2,11H2,1H3,(H,22,25). The number of carbonyl (C=O) groups excluding carboxylic acids is 1. The predicted octanol–water partition coefficient (Wildman–Crippen LogP) is 4.63. The molecule has 1 heterocycles. The van der Waals surface area contributed by atoms with Crippen molar-refractivity contribution in [1.82, 2.24) is 10.2 Å². The van der Waals surface area contributed by atoms with Crippen molar-refractivity contribution in [1.29, 1.82) is 0 Å². The lowest BCUT2D eigenvalue weighted by Crippen LogP contribution is -2.14. The number of hydrogen-bond acceptors (Lipinski definition) is 6. The first-order valence-corrected chi connectivity index (χ1v) is 9.42. The Morgan fingerprint density at radius 1 is 1.21 bits per heavy atom. The average Bonchev–Trinajstić information content (AvgIpc) is 3.16. The lowest BCUT2D eigenvalue weighted by Gasteiger charge is -2.05. The molecule has 0 atom stereocenters. The molecule has 1 amide bonds. The Morgan fingerprint density at radius 3 is 2.71 bits per heavy atom. The molecule has 6 nitrogen and oxygen atoms in total. The van der Waals surface area contributed by atoms with E-state index in [1.165, 1.54) is 24.3 Å². The van der Waals surface area contributed by atoms with Gasteiger partial charge in [0, 0.05) is 11.3 Å². The molecule has 28 heavy (non-hydrogen) atoms. The number of rotatable bonds is 8. The zero-order valence-electron chi connectivity index (χ0n) is 14.9. The Bertz CT molecular complexity index is 932. The molecule has 3 rings (SSSR count). The number of anilines is 1. The summed E-state index contributed by atoms with van der Waals surface area (Å²) in [7, 11) is 0. The molecule has 0 fully saturated rings. The number of alkyl halides is 2. The van der Waals surface area contributed by atoms with Gasteiger partial charge in [0.25, 0.3) is 5.22 Å². The first-order chi connectivity index (χ1) is 13.5. The predicted molar refractivity (Wildman–Crippen MR) is 102 cm³/mol. The van der Waals surface area contributed by atoms with E-state index >= 15 is 0 Å². The molecule has 0 bridgehead atoms. The van der Waals surface area contributed by atoms with Gasteiger partial charge in [0.1, 0.15) is 5.75 Å². The molecule has 146 valence electrons. The topological polar surface area (TPSA) is 77.2 Å². The van der Waals surface area contributed by atoms with Gasteiger partial charge in [0.15, 0.2) is 0 Å². The molecule has 0 unspecified atom stereocenters. The molecule has 1 N–H and O–H groups in total. The van der Waals surface area contributed by atoms with Gasteiger partial charge < -0.3 is 14.5 Å². The number of aromatic nitrogens is 2. The van der Waals surface area contributed by atoms with Crippen LogP contribution in [0.15, 0.2) is 58.2 Å². The number of halogens is 2. The number of nitrogens with zero attached hydrogens (tertiary/aromatic N) is 2. The van der Waals surface area contributed by atoms with E-state index in [4.69, 9.17) is 4.42 Å². The summed E-state index contributed by atoms with van der Waals surface area (Å²) >= 11 is 1.11. The van der Waals surface area contributed by atoms with Crippen LogP contribution in [-0.4, -0.2) is 28.5 Å². The summed E-state index contributed by atoms with van der Waals surface area (Å²) in [5.41, 5.74) is 2.43. The fourth-order valence-electron chi connectivity index (χ4n) is 2.36. The Kier molecular flexibility index (Phi) is 6.59. The van der Waals surface area contributed by atoms with Gasteiger partial charge in [-0.25, -0.2) is 0 Å². The maximum absolute atomic E-state index is 12.2. The van der Waals surface area contributed by atoms with Crippen LogP contribution in [0.25, 0.3) is 11.5 Å². The number of benzene rings is 2. The molecule has 0 saturated carbocycles. The largest absolute Gasteiger partial charge is 0.435 e. The molecule has 0 aliphatic carbocycles. The number of ether oxygens (including phenoxy) is 1. The van der Waals surface area contributed by atoms with Crippen LogP contribution in [0, 0.1) is 0 Å². The third-order valence-electron chi connectivity index (χ3n) is 3.68. The van der Waals surface area contributed by atoms with E-state index in [-0.39, 0.29) is 28.5 Å².